The molecule has 1 aromatic rings. The van der Waals surface area contributed by atoms with Gasteiger partial charge in [0, 0.05) is 11.4 Å². The molecule has 0 fully saturated rings. The zero-order valence-corrected chi connectivity index (χ0v) is 11.9. The molecule has 0 aromatic heterocycles. The van der Waals surface area contributed by atoms with Crippen molar-refractivity contribution >= 4 is 23.8 Å². The smallest absolute Gasteiger partial charge is 0.339 e. The first kappa shape index (κ1) is 17.7. The predicted molar refractivity (Wildman–Crippen MR) is 76.6 cm³/mol. The summed E-state index contributed by atoms with van der Waals surface area (Å²) < 4.78 is 9.11. The van der Waals surface area contributed by atoms with Crippen molar-refractivity contribution in [2.24, 2.45) is 5.73 Å². The van der Waals surface area contributed by atoms with Gasteiger partial charge in [-0.1, -0.05) is 0 Å². The second kappa shape index (κ2) is 8.00. The van der Waals surface area contributed by atoms with Crippen molar-refractivity contribution in [1.29, 1.82) is 0 Å². The van der Waals surface area contributed by atoms with Crippen LogP contribution in [0, 0.1) is 0 Å². The van der Waals surface area contributed by atoms with Crippen LogP contribution in [0.2, 0.25) is 0 Å². The number of nitrogen functional groups attached to an aromatic ring is 2. The van der Waals surface area contributed by atoms with E-state index in [1.54, 1.807) is 6.07 Å². The zero-order valence-electron chi connectivity index (χ0n) is 11.9. The van der Waals surface area contributed by atoms with E-state index in [2.05, 4.69) is 9.47 Å². The Bertz CT molecular complexity index is 435. The van der Waals surface area contributed by atoms with Gasteiger partial charge < -0.3 is 20.9 Å². The summed E-state index contributed by atoms with van der Waals surface area (Å²) in [5.41, 5.74) is 16.8. The summed E-state index contributed by atoms with van der Waals surface area (Å²) in [6.45, 7) is 5.76. The highest BCUT2D eigenvalue weighted by Gasteiger charge is 2.08. The van der Waals surface area contributed by atoms with Crippen LogP contribution in [-0.4, -0.2) is 24.8 Å². The fourth-order valence-electron chi connectivity index (χ4n) is 1.10. The van der Waals surface area contributed by atoms with Gasteiger partial charge in [0.2, 0.25) is 0 Å². The van der Waals surface area contributed by atoms with Crippen molar-refractivity contribution in [3.8, 4) is 0 Å². The lowest BCUT2D eigenvalue weighted by molar-refractivity contribution is -0.138. The van der Waals surface area contributed by atoms with Gasteiger partial charge in [-0.15, -0.1) is 0 Å². The molecule has 6 N–H and O–H groups in total. The molecule has 0 atom stereocenters. The molecule has 1 rings (SSSR count). The van der Waals surface area contributed by atoms with Crippen molar-refractivity contribution in [2.45, 2.75) is 26.4 Å². The van der Waals surface area contributed by atoms with Crippen LogP contribution in [0.1, 0.15) is 31.1 Å². The van der Waals surface area contributed by atoms with Crippen LogP contribution in [0.25, 0.3) is 0 Å². The van der Waals surface area contributed by atoms with E-state index in [0.717, 1.165) is 0 Å². The van der Waals surface area contributed by atoms with Crippen molar-refractivity contribution in [3.63, 3.8) is 0 Å². The van der Waals surface area contributed by atoms with Gasteiger partial charge in [0.25, 0.3) is 6.47 Å². The van der Waals surface area contributed by atoms with Gasteiger partial charge in [-0.05, 0) is 39.0 Å². The second-order valence-corrected chi connectivity index (χ2v) is 4.81. The summed E-state index contributed by atoms with van der Waals surface area (Å²) >= 11 is 0. The van der Waals surface area contributed by atoms with Crippen LogP contribution in [0.15, 0.2) is 18.2 Å². The molecule has 0 aliphatic heterocycles. The number of anilines is 2. The fraction of sp³-hybridized carbons (Fsp3) is 0.385. The number of ether oxygens (including phenoxy) is 2. The van der Waals surface area contributed by atoms with E-state index < -0.39 is 5.97 Å². The Morgan fingerprint density at radius 2 is 1.70 bits per heavy atom. The van der Waals surface area contributed by atoms with E-state index in [1.807, 2.05) is 20.8 Å². The molecule has 20 heavy (non-hydrogen) atoms. The summed E-state index contributed by atoms with van der Waals surface area (Å²) in [4.78, 5) is 20.7. The first-order valence-corrected chi connectivity index (χ1v) is 5.84. The van der Waals surface area contributed by atoms with E-state index in [1.165, 1.54) is 12.1 Å². The molecule has 1 aromatic carbocycles. The van der Waals surface area contributed by atoms with Crippen LogP contribution >= 0.6 is 0 Å². The zero-order chi connectivity index (χ0) is 15.8. The Labute approximate surface area is 118 Å². The van der Waals surface area contributed by atoms with Gasteiger partial charge in [-0.25, -0.2) is 4.79 Å². The maximum Gasteiger partial charge on any atom is 0.339 e. The molecule has 0 amide bonds. The highest BCUT2D eigenvalue weighted by Crippen LogP contribution is 2.14. The van der Waals surface area contributed by atoms with E-state index >= 15 is 0 Å². The molecular formula is C13H21N3O4. The number of esters is 1. The molecule has 0 saturated carbocycles. The molecule has 0 bridgehead atoms. The van der Waals surface area contributed by atoms with Crippen molar-refractivity contribution in [2.75, 3.05) is 18.2 Å². The highest BCUT2D eigenvalue weighted by atomic mass is 16.5. The summed E-state index contributed by atoms with van der Waals surface area (Å²) in [6.07, 6.45) is 0. The molecule has 0 unspecified atom stereocenters. The van der Waals surface area contributed by atoms with Crippen molar-refractivity contribution in [3.05, 3.63) is 23.8 Å². The van der Waals surface area contributed by atoms with E-state index in [-0.39, 0.29) is 12.3 Å². The van der Waals surface area contributed by atoms with Crippen molar-refractivity contribution in [1.82, 2.24) is 0 Å². The lowest BCUT2D eigenvalue weighted by Crippen LogP contribution is -2.17. The van der Waals surface area contributed by atoms with Gasteiger partial charge in [0.1, 0.15) is 12.3 Å². The Morgan fingerprint density at radius 1 is 1.20 bits per heavy atom. The van der Waals surface area contributed by atoms with E-state index in [9.17, 15) is 9.59 Å². The van der Waals surface area contributed by atoms with Crippen LogP contribution in [0.3, 0.4) is 0 Å². The monoisotopic (exact) mass is 283 g/mol. The molecule has 0 aliphatic rings. The number of benzene rings is 1. The molecule has 7 heteroatoms. The molecule has 0 radical (unpaired) electrons. The third kappa shape index (κ3) is 7.93. The predicted octanol–water partition coefficient (Wildman–Crippen LogP) is 0.882. The van der Waals surface area contributed by atoms with Gasteiger partial charge in [0.15, 0.2) is 0 Å². The minimum absolute atomic E-state index is 0.159. The Hall–Kier alpha value is -2.28. The minimum Gasteiger partial charge on any atom is -0.462 e. The van der Waals surface area contributed by atoms with E-state index in [0.29, 0.717) is 23.4 Å². The van der Waals surface area contributed by atoms with Crippen LogP contribution in [0.4, 0.5) is 11.4 Å². The van der Waals surface area contributed by atoms with Crippen molar-refractivity contribution < 1.29 is 19.1 Å². The number of carbonyl (C=O) groups excluding carboxylic acids is 2. The second-order valence-electron chi connectivity index (χ2n) is 4.81. The van der Waals surface area contributed by atoms with Gasteiger partial charge in [-0.3, -0.25) is 10.5 Å². The third-order valence-corrected chi connectivity index (χ3v) is 1.83. The SMILES string of the molecule is CC(C)(C)OC=O.NCOC(=O)c1cc(N)cc(N)c1. The lowest BCUT2D eigenvalue weighted by atomic mass is 10.2. The average Bonchev–Trinajstić information content (AvgIpc) is 2.27. The summed E-state index contributed by atoms with van der Waals surface area (Å²) in [7, 11) is 0. The molecule has 0 spiro atoms. The first-order chi connectivity index (χ1) is 9.19. The standard InChI is InChI=1S/C8H11N3O2.C5H10O2/c9-4-13-8(12)5-1-6(10)3-7(11)2-5;1-5(2,3)7-4-6/h1-3H,4,9-11H2;4H,1-3H3. The Kier molecular flexibility index (Phi) is 7.09. The quantitative estimate of drug-likeness (QED) is 0.325. The summed E-state index contributed by atoms with van der Waals surface area (Å²) in [5, 5.41) is 0. The van der Waals surface area contributed by atoms with Gasteiger partial charge in [-0.2, -0.15) is 0 Å². The summed E-state index contributed by atoms with van der Waals surface area (Å²) in [6, 6.07) is 4.52. The Morgan fingerprint density at radius 3 is 2.00 bits per heavy atom. The minimum atomic E-state index is -0.526. The molecular weight excluding hydrogens is 262 g/mol. The molecule has 0 saturated heterocycles. The lowest BCUT2D eigenvalue weighted by Gasteiger charge is -2.14. The average molecular weight is 283 g/mol. The van der Waals surface area contributed by atoms with Gasteiger partial charge in [0.05, 0.1) is 5.56 Å². The number of carbonyl (C=O) groups is 2. The van der Waals surface area contributed by atoms with Crippen LogP contribution in [-0.2, 0) is 14.3 Å². The van der Waals surface area contributed by atoms with E-state index in [4.69, 9.17) is 17.2 Å². The maximum absolute atomic E-state index is 11.1. The first-order valence-electron chi connectivity index (χ1n) is 5.84. The summed E-state index contributed by atoms with van der Waals surface area (Å²) in [5.74, 6) is -0.526. The van der Waals surface area contributed by atoms with Crippen LogP contribution < -0.4 is 17.2 Å². The molecule has 112 valence electrons. The number of hydrogen-bond acceptors (Lipinski definition) is 7. The number of nitrogens with two attached hydrogens (primary N) is 3. The number of rotatable bonds is 3. The number of hydrogen-bond donors (Lipinski definition) is 3. The maximum atomic E-state index is 11.1. The topological polar surface area (TPSA) is 131 Å². The molecule has 7 nitrogen and oxygen atoms in total. The highest BCUT2D eigenvalue weighted by molar-refractivity contribution is 5.91. The normalized spacial score (nSPS) is 10.0. The van der Waals surface area contributed by atoms with Crippen LogP contribution in [0.5, 0.6) is 0 Å². The largest absolute Gasteiger partial charge is 0.462 e. The third-order valence-electron chi connectivity index (χ3n) is 1.83. The fourth-order valence-corrected chi connectivity index (χ4v) is 1.10. The molecule has 0 heterocycles. The Balaban J connectivity index is 0.000000441. The van der Waals surface area contributed by atoms with Gasteiger partial charge >= 0.3 is 5.97 Å². The molecule has 0 aliphatic carbocycles.